The van der Waals surface area contributed by atoms with Gasteiger partial charge in [0.15, 0.2) is 0 Å². The van der Waals surface area contributed by atoms with Crippen LogP contribution in [0, 0.1) is 0 Å². The van der Waals surface area contributed by atoms with Crippen molar-refractivity contribution in [1.82, 2.24) is 4.98 Å². The summed E-state index contributed by atoms with van der Waals surface area (Å²) in [4.78, 5) is 3.95. The highest BCUT2D eigenvalue weighted by molar-refractivity contribution is 6.29. The molecule has 3 nitrogen and oxygen atoms in total. The molecule has 100 valence electrons. The first-order chi connectivity index (χ1) is 9.13. The lowest BCUT2D eigenvalue weighted by molar-refractivity contribution is 0.475. The number of hydrogen-bond donors (Lipinski definition) is 2. The van der Waals surface area contributed by atoms with E-state index in [-0.39, 0.29) is 0 Å². The van der Waals surface area contributed by atoms with Gasteiger partial charge < -0.3 is 10.4 Å². The first-order valence-corrected chi connectivity index (χ1v) is 6.67. The highest BCUT2D eigenvalue weighted by Gasteiger charge is 2.03. The van der Waals surface area contributed by atoms with Gasteiger partial charge in [-0.3, -0.25) is 0 Å². The number of hydrogen-bond acceptors (Lipinski definition) is 3. The largest absolute Gasteiger partial charge is 0.508 e. The van der Waals surface area contributed by atoms with E-state index in [2.05, 4.69) is 17.2 Å². The zero-order chi connectivity index (χ0) is 13.7. The quantitative estimate of drug-likeness (QED) is 0.815. The third kappa shape index (κ3) is 4.45. The number of aromatic hydroxyl groups is 1. The molecule has 0 aliphatic carbocycles. The fourth-order valence-electron chi connectivity index (χ4n) is 1.89. The van der Waals surface area contributed by atoms with Crippen LogP contribution in [0.5, 0.6) is 5.75 Å². The molecule has 1 atom stereocenters. The maximum absolute atomic E-state index is 9.22. The Labute approximate surface area is 118 Å². The Kier molecular flexibility index (Phi) is 4.63. The number of pyridine rings is 1. The van der Waals surface area contributed by atoms with Crippen LogP contribution in [0.1, 0.15) is 18.9 Å². The Morgan fingerprint density at radius 3 is 2.68 bits per heavy atom. The molecule has 2 N–H and O–H groups in total. The van der Waals surface area contributed by atoms with E-state index < -0.39 is 0 Å². The minimum absolute atomic E-state index is 0.307. The van der Waals surface area contributed by atoms with Gasteiger partial charge in [0, 0.05) is 17.9 Å². The normalized spacial score (nSPS) is 12.1. The first-order valence-electron chi connectivity index (χ1n) is 6.29. The van der Waals surface area contributed by atoms with Crippen LogP contribution in [0.3, 0.4) is 0 Å². The molecule has 0 bridgehead atoms. The van der Waals surface area contributed by atoms with Crippen LogP contribution in [0.4, 0.5) is 5.69 Å². The molecule has 2 aromatic rings. The summed E-state index contributed by atoms with van der Waals surface area (Å²) in [6.45, 7) is 2.13. The summed E-state index contributed by atoms with van der Waals surface area (Å²) in [6, 6.07) is 11.4. The minimum atomic E-state index is 0.307. The molecule has 1 unspecified atom stereocenters. The molecule has 0 fully saturated rings. The molecule has 1 aromatic heterocycles. The molecule has 1 aromatic carbocycles. The molecule has 0 saturated heterocycles. The Bertz CT molecular complexity index is 528. The van der Waals surface area contributed by atoms with Crippen molar-refractivity contribution in [3.8, 4) is 5.75 Å². The molecule has 0 spiro atoms. The topological polar surface area (TPSA) is 45.1 Å². The van der Waals surface area contributed by atoms with E-state index in [1.165, 1.54) is 5.56 Å². The Morgan fingerprint density at radius 1 is 1.26 bits per heavy atom. The van der Waals surface area contributed by atoms with Crippen LogP contribution in [0.2, 0.25) is 5.15 Å². The number of anilines is 1. The summed E-state index contributed by atoms with van der Waals surface area (Å²) in [7, 11) is 0. The van der Waals surface area contributed by atoms with E-state index in [1.807, 2.05) is 24.3 Å². The number of phenols is 1. The maximum Gasteiger partial charge on any atom is 0.131 e. The molecule has 19 heavy (non-hydrogen) atoms. The predicted molar refractivity (Wildman–Crippen MR) is 78.8 cm³/mol. The number of rotatable bonds is 5. The Balaban J connectivity index is 1.84. The van der Waals surface area contributed by atoms with Gasteiger partial charge >= 0.3 is 0 Å². The molecule has 2 rings (SSSR count). The molecule has 1 heterocycles. The standard InChI is InChI=1S/C15H17ClN2O/c1-11(18-13-8-9-17-15(16)10-13)2-3-12-4-6-14(19)7-5-12/h4-11,19H,2-3H2,1H3,(H,17,18). The number of aromatic nitrogens is 1. The van der Waals surface area contributed by atoms with Crippen molar-refractivity contribution in [2.75, 3.05) is 5.32 Å². The number of aryl methyl sites for hydroxylation is 1. The number of nitrogens with zero attached hydrogens (tertiary/aromatic N) is 1. The van der Waals surface area contributed by atoms with E-state index in [0.29, 0.717) is 16.9 Å². The van der Waals surface area contributed by atoms with Crippen LogP contribution in [0.15, 0.2) is 42.6 Å². The molecule has 0 aliphatic rings. The average molecular weight is 277 g/mol. The number of phenolic OH excluding ortho intramolecular Hbond substituents is 1. The van der Waals surface area contributed by atoms with Gasteiger partial charge in [0.1, 0.15) is 10.9 Å². The van der Waals surface area contributed by atoms with E-state index in [0.717, 1.165) is 18.5 Å². The fraction of sp³-hybridized carbons (Fsp3) is 0.267. The van der Waals surface area contributed by atoms with Gasteiger partial charge in [-0.1, -0.05) is 23.7 Å². The van der Waals surface area contributed by atoms with Gasteiger partial charge in [0.2, 0.25) is 0 Å². The van der Waals surface area contributed by atoms with Crippen molar-refractivity contribution in [3.63, 3.8) is 0 Å². The molecule has 0 saturated carbocycles. The van der Waals surface area contributed by atoms with Crippen LogP contribution in [-0.2, 0) is 6.42 Å². The predicted octanol–water partition coefficient (Wildman–Crippen LogP) is 3.87. The lowest BCUT2D eigenvalue weighted by Gasteiger charge is -2.15. The Morgan fingerprint density at radius 2 is 2.00 bits per heavy atom. The van der Waals surface area contributed by atoms with Crippen molar-refractivity contribution in [3.05, 3.63) is 53.3 Å². The van der Waals surface area contributed by atoms with Crippen LogP contribution in [-0.4, -0.2) is 16.1 Å². The van der Waals surface area contributed by atoms with Gasteiger partial charge in [-0.15, -0.1) is 0 Å². The van der Waals surface area contributed by atoms with Gasteiger partial charge in [-0.25, -0.2) is 4.98 Å². The van der Waals surface area contributed by atoms with Crippen molar-refractivity contribution >= 4 is 17.3 Å². The fourth-order valence-corrected chi connectivity index (χ4v) is 2.07. The van der Waals surface area contributed by atoms with Gasteiger partial charge in [0.05, 0.1) is 0 Å². The second kappa shape index (κ2) is 6.43. The van der Waals surface area contributed by atoms with Gasteiger partial charge in [-0.05, 0) is 49.6 Å². The molecule has 0 amide bonds. The zero-order valence-electron chi connectivity index (χ0n) is 10.8. The Hall–Kier alpha value is -1.74. The van der Waals surface area contributed by atoms with Crippen molar-refractivity contribution in [1.29, 1.82) is 0 Å². The van der Waals surface area contributed by atoms with E-state index >= 15 is 0 Å². The van der Waals surface area contributed by atoms with Gasteiger partial charge in [-0.2, -0.15) is 0 Å². The lowest BCUT2D eigenvalue weighted by Crippen LogP contribution is -2.15. The van der Waals surface area contributed by atoms with Gasteiger partial charge in [0.25, 0.3) is 0 Å². The first kappa shape index (κ1) is 13.7. The summed E-state index contributed by atoms with van der Waals surface area (Å²) >= 11 is 5.84. The second-order valence-electron chi connectivity index (χ2n) is 4.62. The lowest BCUT2D eigenvalue weighted by atomic mass is 10.1. The number of nitrogens with one attached hydrogen (secondary N) is 1. The van der Waals surface area contributed by atoms with E-state index in [9.17, 15) is 5.11 Å². The summed E-state index contributed by atoms with van der Waals surface area (Å²) in [5, 5.41) is 13.1. The van der Waals surface area contributed by atoms with Crippen molar-refractivity contribution in [2.24, 2.45) is 0 Å². The van der Waals surface area contributed by atoms with Crippen LogP contribution < -0.4 is 5.32 Å². The minimum Gasteiger partial charge on any atom is -0.508 e. The van der Waals surface area contributed by atoms with Crippen LogP contribution >= 0.6 is 11.6 Å². The zero-order valence-corrected chi connectivity index (χ0v) is 11.6. The highest BCUT2D eigenvalue weighted by atomic mass is 35.5. The highest BCUT2D eigenvalue weighted by Crippen LogP contribution is 2.16. The number of benzene rings is 1. The monoisotopic (exact) mass is 276 g/mol. The summed E-state index contributed by atoms with van der Waals surface area (Å²) in [5.74, 6) is 0.307. The average Bonchev–Trinajstić information content (AvgIpc) is 2.38. The summed E-state index contributed by atoms with van der Waals surface area (Å²) in [5.41, 5.74) is 2.21. The summed E-state index contributed by atoms with van der Waals surface area (Å²) in [6.07, 6.45) is 3.66. The SMILES string of the molecule is CC(CCc1ccc(O)cc1)Nc1ccnc(Cl)c1. The summed E-state index contributed by atoms with van der Waals surface area (Å²) < 4.78 is 0. The van der Waals surface area contributed by atoms with E-state index in [1.54, 1.807) is 18.3 Å². The van der Waals surface area contributed by atoms with E-state index in [4.69, 9.17) is 11.6 Å². The van der Waals surface area contributed by atoms with Crippen LogP contribution in [0.25, 0.3) is 0 Å². The maximum atomic E-state index is 9.22. The smallest absolute Gasteiger partial charge is 0.131 e. The molecule has 0 aliphatic heterocycles. The molecule has 4 heteroatoms. The van der Waals surface area contributed by atoms with Crippen molar-refractivity contribution < 1.29 is 5.11 Å². The third-order valence-corrected chi connectivity index (χ3v) is 3.15. The molecular weight excluding hydrogens is 260 g/mol. The molecule has 0 radical (unpaired) electrons. The number of halogens is 1. The second-order valence-corrected chi connectivity index (χ2v) is 5.00. The van der Waals surface area contributed by atoms with Crippen molar-refractivity contribution in [2.45, 2.75) is 25.8 Å². The third-order valence-electron chi connectivity index (χ3n) is 2.94. The molecular formula is C15H17ClN2O.